The van der Waals surface area contributed by atoms with Gasteiger partial charge in [0.25, 0.3) is 5.91 Å². The van der Waals surface area contributed by atoms with Crippen LogP contribution in [0.1, 0.15) is 16.2 Å². The molecule has 124 valence electrons. The Bertz CT molecular complexity index is 897. The van der Waals surface area contributed by atoms with Gasteiger partial charge in [-0.05, 0) is 12.1 Å². The lowest BCUT2D eigenvalue weighted by Gasteiger charge is -2.22. The summed E-state index contributed by atoms with van der Waals surface area (Å²) in [6.07, 6.45) is 1.66. The molecule has 24 heavy (non-hydrogen) atoms. The van der Waals surface area contributed by atoms with E-state index in [4.69, 9.17) is 4.74 Å². The predicted octanol–water partition coefficient (Wildman–Crippen LogP) is 1.44. The summed E-state index contributed by atoms with van der Waals surface area (Å²) in [6.45, 7) is 1.67. The fourth-order valence-corrected chi connectivity index (χ4v) is 3.24. The Balaban J connectivity index is 1.73. The number of fused-ring (bicyclic) bond motifs is 2. The molecule has 0 fully saturated rings. The number of ether oxygens (including phenoxy) is 1. The fraction of sp³-hybridized carbons (Fsp3) is 0.353. The third-order valence-corrected chi connectivity index (χ3v) is 4.54. The monoisotopic (exact) mass is 325 g/mol. The largest absolute Gasteiger partial charge is 0.378 e. The molecule has 0 radical (unpaired) electrons. The highest BCUT2D eigenvalue weighted by Gasteiger charge is 2.28. The molecule has 0 N–H and O–H groups in total. The second-order valence-electron chi connectivity index (χ2n) is 6.04. The van der Waals surface area contributed by atoms with Crippen LogP contribution in [0, 0.1) is 0 Å². The number of para-hydroxylation sites is 1. The van der Waals surface area contributed by atoms with E-state index in [0.29, 0.717) is 25.3 Å². The van der Waals surface area contributed by atoms with E-state index in [0.717, 1.165) is 16.6 Å². The molecular weight excluding hydrogens is 306 g/mol. The lowest BCUT2D eigenvalue weighted by atomic mass is 10.2. The van der Waals surface area contributed by atoms with Crippen molar-refractivity contribution in [2.24, 2.45) is 7.05 Å². The molecule has 1 aromatic carbocycles. The highest BCUT2D eigenvalue weighted by Crippen LogP contribution is 2.21. The number of aryl methyl sites for hydroxylation is 1. The van der Waals surface area contributed by atoms with Crippen LogP contribution in [0.4, 0.5) is 0 Å². The van der Waals surface area contributed by atoms with Crippen LogP contribution in [0.15, 0.2) is 36.5 Å². The van der Waals surface area contributed by atoms with Gasteiger partial charge in [-0.15, -0.1) is 0 Å². The van der Waals surface area contributed by atoms with Gasteiger partial charge >= 0.3 is 0 Å². The SMILES string of the molecule is COC1CN(C(=O)c2nn(C)c3ccccc23)Cc2ccnn2C1. The first-order valence-corrected chi connectivity index (χ1v) is 7.92. The summed E-state index contributed by atoms with van der Waals surface area (Å²) in [4.78, 5) is 14.9. The number of rotatable bonds is 2. The van der Waals surface area contributed by atoms with E-state index in [-0.39, 0.29) is 12.0 Å². The van der Waals surface area contributed by atoms with Crippen molar-refractivity contribution in [2.45, 2.75) is 19.2 Å². The average Bonchev–Trinajstić information content (AvgIpc) is 3.13. The number of amides is 1. The molecule has 1 amide bonds. The summed E-state index contributed by atoms with van der Waals surface area (Å²) in [6, 6.07) is 9.72. The third kappa shape index (κ3) is 2.37. The lowest BCUT2D eigenvalue weighted by molar-refractivity contribution is 0.0447. The number of aromatic nitrogens is 4. The molecule has 1 aliphatic rings. The highest BCUT2D eigenvalue weighted by molar-refractivity contribution is 6.04. The molecule has 0 spiro atoms. The van der Waals surface area contributed by atoms with E-state index in [2.05, 4.69) is 10.2 Å². The summed E-state index contributed by atoms with van der Waals surface area (Å²) in [7, 11) is 3.52. The smallest absolute Gasteiger partial charge is 0.275 e. The maximum Gasteiger partial charge on any atom is 0.275 e. The average molecular weight is 325 g/mol. The van der Waals surface area contributed by atoms with Crippen molar-refractivity contribution in [3.8, 4) is 0 Å². The molecule has 7 nitrogen and oxygen atoms in total. The van der Waals surface area contributed by atoms with Crippen LogP contribution in [0.2, 0.25) is 0 Å². The minimum Gasteiger partial charge on any atom is -0.378 e. The van der Waals surface area contributed by atoms with Crippen molar-refractivity contribution >= 4 is 16.8 Å². The molecule has 0 saturated carbocycles. The van der Waals surface area contributed by atoms with Crippen LogP contribution < -0.4 is 0 Å². The van der Waals surface area contributed by atoms with Crippen LogP contribution in [0.25, 0.3) is 10.9 Å². The van der Waals surface area contributed by atoms with Gasteiger partial charge in [-0.1, -0.05) is 18.2 Å². The normalized spacial score (nSPS) is 17.8. The van der Waals surface area contributed by atoms with E-state index in [1.54, 1.807) is 22.9 Å². The maximum atomic E-state index is 13.1. The molecule has 4 rings (SSSR count). The number of nitrogens with zero attached hydrogens (tertiary/aromatic N) is 5. The Morgan fingerprint density at radius 2 is 2.08 bits per heavy atom. The molecule has 1 atom stereocenters. The molecule has 3 heterocycles. The van der Waals surface area contributed by atoms with Crippen LogP contribution in [-0.4, -0.2) is 50.1 Å². The van der Waals surface area contributed by atoms with Crippen LogP contribution in [0.5, 0.6) is 0 Å². The van der Waals surface area contributed by atoms with Crippen LogP contribution in [0.3, 0.4) is 0 Å². The Kier molecular flexibility index (Phi) is 3.57. The molecule has 2 aromatic heterocycles. The van der Waals surface area contributed by atoms with Crippen LogP contribution >= 0.6 is 0 Å². The summed E-state index contributed by atoms with van der Waals surface area (Å²) in [5.41, 5.74) is 2.43. The first-order chi connectivity index (χ1) is 11.7. The maximum absolute atomic E-state index is 13.1. The Hall–Kier alpha value is -2.67. The predicted molar refractivity (Wildman–Crippen MR) is 88.5 cm³/mol. The molecular formula is C17H19N5O2. The molecule has 1 aliphatic heterocycles. The zero-order valence-corrected chi connectivity index (χ0v) is 13.7. The number of carbonyl (C=O) groups excluding carboxylic acids is 1. The second-order valence-corrected chi connectivity index (χ2v) is 6.04. The number of hydrogen-bond donors (Lipinski definition) is 0. The minimum atomic E-state index is -0.0925. The lowest BCUT2D eigenvalue weighted by Crippen LogP contribution is -2.37. The first kappa shape index (κ1) is 14.9. The number of carbonyl (C=O) groups is 1. The molecule has 0 saturated heterocycles. The van der Waals surface area contributed by atoms with Gasteiger partial charge in [0.05, 0.1) is 30.4 Å². The van der Waals surface area contributed by atoms with Crippen molar-refractivity contribution in [3.05, 3.63) is 47.9 Å². The van der Waals surface area contributed by atoms with Gasteiger partial charge in [-0.3, -0.25) is 14.2 Å². The molecule has 0 bridgehead atoms. The van der Waals surface area contributed by atoms with Crippen molar-refractivity contribution < 1.29 is 9.53 Å². The number of methoxy groups -OCH3 is 1. The van der Waals surface area contributed by atoms with Gasteiger partial charge in [0, 0.05) is 32.3 Å². The summed E-state index contributed by atoms with van der Waals surface area (Å²) >= 11 is 0. The Morgan fingerprint density at radius 1 is 1.25 bits per heavy atom. The minimum absolute atomic E-state index is 0.0801. The molecule has 7 heteroatoms. The van der Waals surface area contributed by atoms with Gasteiger partial charge in [0.1, 0.15) is 0 Å². The Labute approximate surface area is 139 Å². The van der Waals surface area contributed by atoms with Gasteiger partial charge in [0.15, 0.2) is 5.69 Å². The topological polar surface area (TPSA) is 65.2 Å². The summed E-state index contributed by atoms with van der Waals surface area (Å²) in [5.74, 6) is -0.0801. The third-order valence-electron chi connectivity index (χ3n) is 4.54. The van der Waals surface area contributed by atoms with Crippen molar-refractivity contribution in [1.29, 1.82) is 0 Å². The van der Waals surface area contributed by atoms with E-state index in [1.807, 2.05) is 42.1 Å². The van der Waals surface area contributed by atoms with Gasteiger partial charge < -0.3 is 9.64 Å². The van der Waals surface area contributed by atoms with Crippen LogP contribution in [-0.2, 0) is 24.9 Å². The summed E-state index contributed by atoms with van der Waals surface area (Å²) < 4.78 is 9.18. The zero-order valence-electron chi connectivity index (χ0n) is 13.7. The molecule has 0 aliphatic carbocycles. The molecule has 3 aromatic rings. The van der Waals surface area contributed by atoms with E-state index in [9.17, 15) is 4.79 Å². The van der Waals surface area contributed by atoms with Crippen molar-refractivity contribution in [1.82, 2.24) is 24.5 Å². The number of benzene rings is 1. The molecule has 1 unspecified atom stereocenters. The van der Waals surface area contributed by atoms with Gasteiger partial charge in [0.2, 0.25) is 0 Å². The van der Waals surface area contributed by atoms with E-state index in [1.165, 1.54) is 0 Å². The highest BCUT2D eigenvalue weighted by atomic mass is 16.5. The Morgan fingerprint density at radius 3 is 2.92 bits per heavy atom. The van der Waals surface area contributed by atoms with Crippen molar-refractivity contribution in [3.63, 3.8) is 0 Å². The number of hydrogen-bond acceptors (Lipinski definition) is 4. The van der Waals surface area contributed by atoms with Gasteiger partial charge in [-0.2, -0.15) is 10.2 Å². The first-order valence-electron chi connectivity index (χ1n) is 7.92. The zero-order chi connectivity index (χ0) is 16.7. The van der Waals surface area contributed by atoms with E-state index < -0.39 is 0 Å². The summed E-state index contributed by atoms with van der Waals surface area (Å²) in [5, 5.41) is 9.64. The van der Waals surface area contributed by atoms with Crippen molar-refractivity contribution in [2.75, 3.05) is 13.7 Å². The fourth-order valence-electron chi connectivity index (χ4n) is 3.24. The quantitative estimate of drug-likeness (QED) is 0.715. The van der Waals surface area contributed by atoms with E-state index >= 15 is 0 Å². The van der Waals surface area contributed by atoms with Gasteiger partial charge in [-0.25, -0.2) is 0 Å². The second kappa shape index (κ2) is 5.76. The standard InChI is InChI=1S/C17H19N5O2/c1-20-15-6-4-3-5-14(15)16(19-20)17(23)21-9-12-7-8-18-22(12)11-13(10-21)24-2/h3-8,13H,9-11H2,1-2H3.